The monoisotopic (exact) mass is 271 g/mol. The van der Waals surface area contributed by atoms with E-state index in [9.17, 15) is 4.79 Å². The van der Waals surface area contributed by atoms with Gasteiger partial charge in [0.25, 0.3) is 0 Å². The van der Waals surface area contributed by atoms with Crippen molar-refractivity contribution in [3.05, 3.63) is 48.8 Å². The third-order valence-corrected chi connectivity index (χ3v) is 2.34. The van der Waals surface area contributed by atoms with Crippen molar-refractivity contribution in [2.24, 2.45) is 0 Å². The van der Waals surface area contributed by atoms with Crippen LogP contribution in [0.1, 0.15) is 20.8 Å². The van der Waals surface area contributed by atoms with Crippen LogP contribution < -0.4 is 4.90 Å². The maximum Gasteiger partial charge on any atom is 0.421 e. The minimum atomic E-state index is -0.584. The SMILES string of the molecule is CC(C)(C)OC(=O)N(c1ccccc1)c1ncccn1. The molecular formula is C15H17N3O2. The number of carbonyl (C=O) groups excluding carboxylic acids is 1. The molecule has 1 heterocycles. The topological polar surface area (TPSA) is 55.3 Å². The fourth-order valence-electron chi connectivity index (χ4n) is 1.59. The van der Waals surface area contributed by atoms with Gasteiger partial charge in [0.1, 0.15) is 5.60 Å². The van der Waals surface area contributed by atoms with Crippen LogP contribution in [0.5, 0.6) is 0 Å². The first-order valence-electron chi connectivity index (χ1n) is 6.32. The summed E-state index contributed by atoms with van der Waals surface area (Å²) in [6.45, 7) is 5.46. The van der Waals surface area contributed by atoms with Crippen molar-refractivity contribution in [1.29, 1.82) is 0 Å². The number of hydrogen-bond acceptors (Lipinski definition) is 4. The summed E-state index contributed by atoms with van der Waals surface area (Å²) in [5, 5.41) is 0. The van der Waals surface area contributed by atoms with E-state index in [1.165, 1.54) is 4.90 Å². The Labute approximate surface area is 118 Å². The van der Waals surface area contributed by atoms with Gasteiger partial charge in [-0.05, 0) is 39.0 Å². The van der Waals surface area contributed by atoms with Crippen LogP contribution >= 0.6 is 0 Å². The van der Waals surface area contributed by atoms with E-state index < -0.39 is 11.7 Å². The van der Waals surface area contributed by atoms with E-state index >= 15 is 0 Å². The highest BCUT2D eigenvalue weighted by molar-refractivity contribution is 5.94. The summed E-state index contributed by atoms with van der Waals surface area (Å²) in [6.07, 6.45) is 2.67. The average molecular weight is 271 g/mol. The van der Waals surface area contributed by atoms with Gasteiger partial charge in [-0.15, -0.1) is 0 Å². The van der Waals surface area contributed by atoms with Gasteiger partial charge in [0, 0.05) is 12.4 Å². The lowest BCUT2D eigenvalue weighted by molar-refractivity contribution is 0.0597. The van der Waals surface area contributed by atoms with Gasteiger partial charge in [-0.2, -0.15) is 0 Å². The minimum absolute atomic E-state index is 0.285. The fourth-order valence-corrected chi connectivity index (χ4v) is 1.59. The molecule has 5 nitrogen and oxygen atoms in total. The predicted molar refractivity (Wildman–Crippen MR) is 76.8 cm³/mol. The molecule has 0 aliphatic heterocycles. The summed E-state index contributed by atoms with van der Waals surface area (Å²) in [4.78, 5) is 22.0. The van der Waals surface area contributed by atoms with Crippen LogP contribution in [0.4, 0.5) is 16.4 Å². The Bertz CT molecular complexity index is 525. The van der Waals surface area contributed by atoms with Crippen LogP contribution in [0.3, 0.4) is 0 Å². The molecule has 104 valence electrons. The first-order chi connectivity index (χ1) is 9.47. The molecule has 2 rings (SSSR count). The molecule has 0 bridgehead atoms. The highest BCUT2D eigenvalue weighted by Gasteiger charge is 2.26. The van der Waals surface area contributed by atoms with Crippen LogP contribution in [-0.2, 0) is 4.74 Å². The van der Waals surface area contributed by atoms with Gasteiger partial charge >= 0.3 is 6.09 Å². The second kappa shape index (κ2) is 5.69. The zero-order valence-electron chi connectivity index (χ0n) is 11.8. The van der Waals surface area contributed by atoms with Crippen LogP contribution in [-0.4, -0.2) is 21.7 Å². The molecule has 0 aliphatic rings. The summed E-state index contributed by atoms with van der Waals surface area (Å²) < 4.78 is 5.42. The summed E-state index contributed by atoms with van der Waals surface area (Å²) in [5.41, 5.74) is 0.0757. The van der Waals surface area contributed by atoms with Crippen LogP contribution in [0, 0.1) is 0 Å². The van der Waals surface area contributed by atoms with Gasteiger partial charge in [0.15, 0.2) is 0 Å². The Morgan fingerprint density at radius 1 is 1.05 bits per heavy atom. The highest BCUT2D eigenvalue weighted by Crippen LogP contribution is 2.24. The Hall–Kier alpha value is -2.43. The zero-order chi connectivity index (χ0) is 14.6. The summed E-state index contributed by atoms with van der Waals surface area (Å²) in [7, 11) is 0. The van der Waals surface area contributed by atoms with Gasteiger partial charge in [-0.25, -0.2) is 19.7 Å². The number of aromatic nitrogens is 2. The van der Waals surface area contributed by atoms with E-state index in [-0.39, 0.29) is 5.95 Å². The maximum atomic E-state index is 12.4. The Morgan fingerprint density at radius 3 is 2.20 bits per heavy atom. The first-order valence-corrected chi connectivity index (χ1v) is 6.32. The quantitative estimate of drug-likeness (QED) is 0.838. The fraction of sp³-hybridized carbons (Fsp3) is 0.267. The molecule has 0 N–H and O–H groups in total. The van der Waals surface area contributed by atoms with Crippen LogP contribution in [0.15, 0.2) is 48.8 Å². The number of rotatable bonds is 2. The number of hydrogen-bond donors (Lipinski definition) is 0. The maximum absolute atomic E-state index is 12.4. The molecule has 0 aliphatic carbocycles. The third kappa shape index (κ3) is 3.54. The standard InChI is InChI=1S/C15H17N3O2/c1-15(2,3)20-14(19)18(12-8-5-4-6-9-12)13-16-10-7-11-17-13/h4-11H,1-3H3. The third-order valence-electron chi connectivity index (χ3n) is 2.34. The molecule has 2 aromatic rings. The van der Waals surface area contributed by atoms with Gasteiger partial charge in [0.2, 0.25) is 5.95 Å². The average Bonchev–Trinajstić information content (AvgIpc) is 2.39. The van der Waals surface area contributed by atoms with E-state index in [1.54, 1.807) is 30.6 Å². The Balaban J connectivity index is 2.38. The van der Waals surface area contributed by atoms with Crippen molar-refractivity contribution < 1.29 is 9.53 Å². The molecule has 1 aromatic carbocycles. The Kier molecular flexibility index (Phi) is 3.98. The number of anilines is 2. The van der Waals surface area contributed by atoms with Crippen molar-refractivity contribution in [3.63, 3.8) is 0 Å². The number of ether oxygens (including phenoxy) is 1. The second-order valence-corrected chi connectivity index (χ2v) is 5.20. The molecule has 1 amide bonds. The number of amides is 1. The summed E-state index contributed by atoms with van der Waals surface area (Å²) in [6, 6.07) is 10.9. The molecule has 0 unspecified atom stereocenters. The highest BCUT2D eigenvalue weighted by atomic mass is 16.6. The predicted octanol–water partition coefficient (Wildman–Crippen LogP) is 3.55. The van der Waals surface area contributed by atoms with Crippen molar-refractivity contribution >= 4 is 17.7 Å². The number of nitrogens with zero attached hydrogens (tertiary/aromatic N) is 3. The molecule has 0 atom stereocenters. The van der Waals surface area contributed by atoms with Gasteiger partial charge in [-0.1, -0.05) is 18.2 Å². The lowest BCUT2D eigenvalue weighted by atomic mass is 10.2. The van der Waals surface area contributed by atoms with Crippen molar-refractivity contribution in [2.45, 2.75) is 26.4 Å². The molecule has 1 aromatic heterocycles. The largest absolute Gasteiger partial charge is 0.443 e. The van der Waals surface area contributed by atoms with Crippen molar-refractivity contribution in [1.82, 2.24) is 9.97 Å². The Morgan fingerprint density at radius 2 is 1.65 bits per heavy atom. The lowest BCUT2D eigenvalue weighted by Gasteiger charge is -2.26. The van der Waals surface area contributed by atoms with Gasteiger partial charge < -0.3 is 4.74 Å². The van der Waals surface area contributed by atoms with Crippen LogP contribution in [0.2, 0.25) is 0 Å². The number of para-hydroxylation sites is 1. The first kappa shape index (κ1) is 14.0. The minimum Gasteiger partial charge on any atom is -0.443 e. The summed E-state index contributed by atoms with van der Waals surface area (Å²) >= 11 is 0. The van der Waals surface area contributed by atoms with E-state index in [0.29, 0.717) is 5.69 Å². The summed E-state index contributed by atoms with van der Waals surface area (Å²) in [5.74, 6) is 0.285. The van der Waals surface area contributed by atoms with E-state index in [2.05, 4.69) is 9.97 Å². The second-order valence-electron chi connectivity index (χ2n) is 5.20. The van der Waals surface area contributed by atoms with Crippen molar-refractivity contribution in [2.75, 3.05) is 4.90 Å². The molecule has 5 heteroatoms. The normalized spacial score (nSPS) is 10.9. The lowest BCUT2D eigenvalue weighted by Crippen LogP contribution is -2.34. The molecule has 20 heavy (non-hydrogen) atoms. The van der Waals surface area contributed by atoms with Gasteiger partial charge in [-0.3, -0.25) is 0 Å². The number of benzene rings is 1. The van der Waals surface area contributed by atoms with Gasteiger partial charge in [0.05, 0.1) is 5.69 Å². The molecule has 0 fully saturated rings. The smallest absolute Gasteiger partial charge is 0.421 e. The molecule has 0 saturated carbocycles. The molecule has 0 saturated heterocycles. The van der Waals surface area contributed by atoms with E-state index in [4.69, 9.17) is 4.74 Å². The van der Waals surface area contributed by atoms with E-state index in [0.717, 1.165) is 0 Å². The number of carbonyl (C=O) groups is 1. The molecular weight excluding hydrogens is 254 g/mol. The molecule has 0 spiro atoms. The van der Waals surface area contributed by atoms with Crippen LogP contribution in [0.25, 0.3) is 0 Å². The molecule has 0 radical (unpaired) electrons. The van der Waals surface area contributed by atoms with E-state index in [1.807, 2.05) is 39.0 Å². The van der Waals surface area contributed by atoms with Crippen molar-refractivity contribution in [3.8, 4) is 0 Å². The zero-order valence-corrected chi connectivity index (χ0v) is 11.8.